The molecule has 0 aliphatic carbocycles. The molecule has 2 heterocycles. The lowest BCUT2D eigenvalue weighted by Gasteiger charge is -2.17. The number of hydrogen-bond donors (Lipinski definition) is 2. The number of hydrogen-bond acceptors (Lipinski definition) is 4. The predicted molar refractivity (Wildman–Crippen MR) is 66.2 cm³/mol. The van der Waals surface area contributed by atoms with Gasteiger partial charge in [0.1, 0.15) is 0 Å². The lowest BCUT2D eigenvalue weighted by Crippen LogP contribution is -2.29. The van der Waals surface area contributed by atoms with Crippen molar-refractivity contribution in [1.29, 1.82) is 0 Å². The number of ether oxygens (including phenoxy) is 1. The minimum atomic E-state index is 0.174. The molecule has 0 bridgehead atoms. The fraction of sp³-hybridized carbons (Fsp3) is 0.750. The van der Waals surface area contributed by atoms with Crippen LogP contribution >= 0.6 is 0 Å². The normalized spacial score (nSPS) is 21.9. The van der Waals surface area contributed by atoms with Crippen LogP contribution < -0.4 is 11.3 Å². The maximum atomic E-state index is 5.64. The third-order valence-electron chi connectivity index (χ3n) is 3.65. The van der Waals surface area contributed by atoms with Gasteiger partial charge in [-0.3, -0.25) is 16.0 Å². The smallest absolute Gasteiger partial charge is 0.0576 e. The predicted octanol–water partition coefficient (Wildman–Crippen LogP) is 1.19. The number of nitrogens with one attached hydrogen (secondary N) is 1. The molecule has 1 aromatic heterocycles. The molecule has 0 amide bonds. The maximum absolute atomic E-state index is 5.64. The Morgan fingerprint density at radius 2 is 2.53 bits per heavy atom. The van der Waals surface area contributed by atoms with Crippen LogP contribution in [0.3, 0.4) is 0 Å². The highest BCUT2D eigenvalue weighted by molar-refractivity contribution is 5.20. The number of hydrazine groups is 1. The summed E-state index contributed by atoms with van der Waals surface area (Å²) in [5.41, 5.74) is 5.24. The van der Waals surface area contributed by atoms with Crippen LogP contribution in [0.4, 0.5) is 0 Å². The van der Waals surface area contributed by atoms with E-state index in [1.165, 1.54) is 24.1 Å². The van der Waals surface area contributed by atoms with E-state index in [1.807, 2.05) is 17.9 Å². The zero-order valence-electron chi connectivity index (χ0n) is 10.6. The Hall–Kier alpha value is -0.910. The molecule has 96 valence electrons. The molecular formula is C12H22N4O. The molecule has 17 heavy (non-hydrogen) atoms. The Morgan fingerprint density at radius 1 is 1.71 bits per heavy atom. The molecule has 1 saturated heterocycles. The number of nitrogens with zero attached hydrogens (tertiary/aromatic N) is 2. The van der Waals surface area contributed by atoms with E-state index in [-0.39, 0.29) is 6.04 Å². The monoisotopic (exact) mass is 238 g/mol. The molecule has 3 N–H and O–H groups in total. The first kappa shape index (κ1) is 12.5. The zero-order chi connectivity index (χ0) is 12.3. The van der Waals surface area contributed by atoms with Crippen LogP contribution in [0.15, 0.2) is 6.20 Å². The number of aryl methyl sites for hydroxylation is 1. The highest BCUT2D eigenvalue weighted by atomic mass is 16.5. The van der Waals surface area contributed by atoms with Gasteiger partial charge in [-0.15, -0.1) is 0 Å². The van der Waals surface area contributed by atoms with Crippen molar-refractivity contribution in [3.63, 3.8) is 0 Å². The highest BCUT2D eigenvalue weighted by Crippen LogP contribution is 2.25. The van der Waals surface area contributed by atoms with E-state index >= 15 is 0 Å². The molecule has 1 aliphatic rings. The molecule has 2 atom stereocenters. The zero-order valence-corrected chi connectivity index (χ0v) is 10.6. The largest absolute Gasteiger partial charge is 0.378 e. The average Bonchev–Trinajstić information content (AvgIpc) is 2.94. The summed E-state index contributed by atoms with van der Waals surface area (Å²) in [6.45, 7) is 2.98. The molecule has 5 nitrogen and oxygen atoms in total. The van der Waals surface area contributed by atoms with Gasteiger partial charge in [-0.25, -0.2) is 0 Å². The van der Waals surface area contributed by atoms with Crippen LogP contribution in [0, 0.1) is 6.92 Å². The summed E-state index contributed by atoms with van der Waals surface area (Å²) < 4.78 is 7.51. The third kappa shape index (κ3) is 2.86. The van der Waals surface area contributed by atoms with Crippen molar-refractivity contribution in [2.45, 2.75) is 44.8 Å². The van der Waals surface area contributed by atoms with Gasteiger partial charge in [0.05, 0.1) is 12.3 Å². The summed E-state index contributed by atoms with van der Waals surface area (Å²) in [4.78, 5) is 0. The number of rotatable bonds is 5. The van der Waals surface area contributed by atoms with Gasteiger partial charge in [0.2, 0.25) is 0 Å². The van der Waals surface area contributed by atoms with E-state index in [0.29, 0.717) is 6.10 Å². The summed E-state index contributed by atoms with van der Waals surface area (Å²) in [5.74, 6) is 5.64. The van der Waals surface area contributed by atoms with Crippen molar-refractivity contribution in [3.05, 3.63) is 17.5 Å². The van der Waals surface area contributed by atoms with Crippen LogP contribution in [0.1, 0.15) is 43.0 Å². The molecule has 0 radical (unpaired) electrons. The Labute approximate surface area is 102 Å². The van der Waals surface area contributed by atoms with E-state index < -0.39 is 0 Å². The molecule has 2 rings (SSSR count). The van der Waals surface area contributed by atoms with E-state index in [4.69, 9.17) is 10.6 Å². The molecule has 1 fully saturated rings. The SMILES string of the molecule is Cc1c(C(CCC2CCCO2)NN)cnn1C. The third-order valence-corrected chi connectivity index (χ3v) is 3.65. The van der Waals surface area contributed by atoms with Gasteiger partial charge in [-0.05, 0) is 32.6 Å². The van der Waals surface area contributed by atoms with Crippen molar-refractivity contribution >= 4 is 0 Å². The van der Waals surface area contributed by atoms with Gasteiger partial charge in [0.25, 0.3) is 0 Å². The summed E-state index contributed by atoms with van der Waals surface area (Å²) in [6.07, 6.45) is 6.75. The van der Waals surface area contributed by atoms with Gasteiger partial charge >= 0.3 is 0 Å². The Morgan fingerprint density at radius 3 is 3.06 bits per heavy atom. The molecule has 0 spiro atoms. The van der Waals surface area contributed by atoms with Gasteiger partial charge in [-0.1, -0.05) is 0 Å². The minimum absolute atomic E-state index is 0.174. The number of nitrogens with two attached hydrogens (primary N) is 1. The van der Waals surface area contributed by atoms with Crippen molar-refractivity contribution in [2.75, 3.05) is 6.61 Å². The van der Waals surface area contributed by atoms with E-state index in [1.54, 1.807) is 0 Å². The number of aromatic nitrogens is 2. The Balaban J connectivity index is 1.94. The molecule has 0 saturated carbocycles. The van der Waals surface area contributed by atoms with Gasteiger partial charge in [-0.2, -0.15) is 5.10 Å². The van der Waals surface area contributed by atoms with E-state index in [9.17, 15) is 0 Å². The van der Waals surface area contributed by atoms with Gasteiger partial charge in [0, 0.05) is 31.0 Å². The molecule has 1 aromatic rings. The summed E-state index contributed by atoms with van der Waals surface area (Å²) in [5, 5.41) is 4.25. The second kappa shape index (κ2) is 5.62. The van der Waals surface area contributed by atoms with Gasteiger partial charge in [0.15, 0.2) is 0 Å². The van der Waals surface area contributed by atoms with Crippen molar-refractivity contribution in [3.8, 4) is 0 Å². The maximum Gasteiger partial charge on any atom is 0.0576 e. The van der Waals surface area contributed by atoms with Crippen LogP contribution in [0.2, 0.25) is 0 Å². The quantitative estimate of drug-likeness (QED) is 0.597. The van der Waals surface area contributed by atoms with Crippen molar-refractivity contribution in [1.82, 2.24) is 15.2 Å². The Kier molecular flexibility index (Phi) is 4.15. The summed E-state index contributed by atoms with van der Waals surface area (Å²) in [7, 11) is 1.95. The van der Waals surface area contributed by atoms with Gasteiger partial charge < -0.3 is 4.74 Å². The standard InChI is InChI=1S/C12H22N4O/c1-9-11(8-14-16(9)2)12(15-13)6-5-10-4-3-7-17-10/h8,10,12,15H,3-7,13H2,1-2H3. The first-order valence-electron chi connectivity index (χ1n) is 6.28. The second-order valence-electron chi connectivity index (χ2n) is 4.74. The van der Waals surface area contributed by atoms with Crippen LogP contribution in [0.25, 0.3) is 0 Å². The first-order chi connectivity index (χ1) is 8.22. The lowest BCUT2D eigenvalue weighted by atomic mass is 10.0. The summed E-state index contributed by atoms with van der Waals surface area (Å²) >= 11 is 0. The fourth-order valence-corrected chi connectivity index (χ4v) is 2.41. The Bertz CT molecular complexity index is 357. The topological polar surface area (TPSA) is 65.1 Å². The summed E-state index contributed by atoms with van der Waals surface area (Å²) in [6, 6.07) is 0.174. The molecule has 0 aromatic carbocycles. The van der Waals surface area contributed by atoms with Crippen molar-refractivity contribution < 1.29 is 4.74 Å². The second-order valence-corrected chi connectivity index (χ2v) is 4.74. The molecule has 2 unspecified atom stereocenters. The van der Waals surface area contributed by atoms with Crippen LogP contribution in [0.5, 0.6) is 0 Å². The average molecular weight is 238 g/mol. The first-order valence-corrected chi connectivity index (χ1v) is 6.28. The highest BCUT2D eigenvalue weighted by Gasteiger charge is 2.20. The fourth-order valence-electron chi connectivity index (χ4n) is 2.41. The minimum Gasteiger partial charge on any atom is -0.378 e. The molecule has 5 heteroatoms. The van der Waals surface area contributed by atoms with Crippen LogP contribution in [-0.4, -0.2) is 22.5 Å². The van der Waals surface area contributed by atoms with E-state index in [0.717, 1.165) is 19.4 Å². The molecular weight excluding hydrogens is 216 g/mol. The molecule has 1 aliphatic heterocycles. The lowest BCUT2D eigenvalue weighted by molar-refractivity contribution is 0.0996. The van der Waals surface area contributed by atoms with Crippen molar-refractivity contribution in [2.24, 2.45) is 12.9 Å². The van der Waals surface area contributed by atoms with E-state index in [2.05, 4.69) is 17.4 Å². The van der Waals surface area contributed by atoms with Crippen LogP contribution in [-0.2, 0) is 11.8 Å².